The molecule has 5 nitrogen and oxygen atoms in total. The molecular weight excluding hydrogens is 360 g/mol. The lowest BCUT2D eigenvalue weighted by atomic mass is 10.1. The number of carbonyl (C=O) groups is 2. The minimum absolute atomic E-state index is 0.0784. The molecule has 0 spiro atoms. The first kappa shape index (κ1) is 15.4. The molecule has 0 N–H and O–H groups in total. The third-order valence-electron chi connectivity index (χ3n) is 3.48. The van der Waals surface area contributed by atoms with E-state index >= 15 is 0 Å². The Balaban J connectivity index is 1.80. The van der Waals surface area contributed by atoms with Crippen LogP contribution in [0.2, 0.25) is 0 Å². The molecule has 0 saturated carbocycles. The van der Waals surface area contributed by atoms with E-state index in [4.69, 9.17) is 0 Å². The number of esters is 1. The number of ketones is 1. The second-order valence-corrected chi connectivity index (χ2v) is 5.85. The summed E-state index contributed by atoms with van der Waals surface area (Å²) < 4.78 is 7.19. The maximum absolute atomic E-state index is 12.3. The molecule has 1 heterocycles. The van der Waals surface area contributed by atoms with E-state index in [0.717, 1.165) is 15.4 Å². The average Bonchev–Trinajstić information content (AvgIpc) is 2.98. The van der Waals surface area contributed by atoms with Gasteiger partial charge in [-0.1, -0.05) is 34.1 Å². The molecule has 0 fully saturated rings. The molecule has 2 aromatic carbocycles. The lowest BCUT2D eigenvalue weighted by molar-refractivity contribution is 0.0600. The van der Waals surface area contributed by atoms with E-state index in [1.165, 1.54) is 7.11 Å². The molecule has 116 valence electrons. The molecule has 0 aliphatic heterocycles. The highest BCUT2D eigenvalue weighted by Crippen LogP contribution is 2.22. The van der Waals surface area contributed by atoms with Crippen LogP contribution in [0.3, 0.4) is 0 Å². The molecule has 0 amide bonds. The van der Waals surface area contributed by atoms with Crippen molar-refractivity contribution in [2.24, 2.45) is 0 Å². The zero-order chi connectivity index (χ0) is 16.4. The van der Waals surface area contributed by atoms with Crippen LogP contribution < -0.4 is 0 Å². The van der Waals surface area contributed by atoms with Crippen LogP contribution in [0.5, 0.6) is 0 Å². The standard InChI is InChI=1S/C17H13BrN2O3/c1-23-17(22)12-7-5-11(6-8-12)16(21)10-20-9-13-14(18)3-2-4-15(13)19-20/h2-9H,10H2,1H3. The summed E-state index contributed by atoms with van der Waals surface area (Å²) in [6.45, 7) is 0.138. The molecule has 0 bridgehead atoms. The predicted molar refractivity (Wildman–Crippen MR) is 89.5 cm³/mol. The van der Waals surface area contributed by atoms with Gasteiger partial charge in [-0.05, 0) is 24.3 Å². The molecule has 1 aromatic heterocycles. The predicted octanol–water partition coefficient (Wildman–Crippen LogP) is 3.47. The lowest BCUT2D eigenvalue weighted by Crippen LogP contribution is -2.11. The summed E-state index contributed by atoms with van der Waals surface area (Å²) in [4.78, 5) is 23.7. The third kappa shape index (κ3) is 3.17. The number of hydrogen-bond acceptors (Lipinski definition) is 4. The summed E-state index contributed by atoms with van der Waals surface area (Å²) in [6, 6.07) is 12.1. The van der Waals surface area contributed by atoms with Gasteiger partial charge in [-0.3, -0.25) is 9.48 Å². The number of methoxy groups -OCH3 is 1. The zero-order valence-electron chi connectivity index (χ0n) is 12.3. The van der Waals surface area contributed by atoms with Crippen molar-refractivity contribution >= 4 is 38.6 Å². The Bertz CT molecular complexity index is 884. The Hall–Kier alpha value is -2.47. The van der Waals surface area contributed by atoms with Gasteiger partial charge in [-0.15, -0.1) is 0 Å². The number of fused-ring (bicyclic) bond motifs is 1. The summed E-state index contributed by atoms with van der Waals surface area (Å²) in [6.07, 6.45) is 1.83. The number of carbonyl (C=O) groups excluding carboxylic acids is 2. The topological polar surface area (TPSA) is 61.2 Å². The largest absolute Gasteiger partial charge is 0.465 e. The number of ether oxygens (including phenoxy) is 1. The molecule has 0 aliphatic carbocycles. The second kappa shape index (κ2) is 6.34. The molecule has 23 heavy (non-hydrogen) atoms. The number of Topliss-reactive ketones (excluding diaryl/α,β-unsaturated/α-hetero) is 1. The minimum atomic E-state index is -0.424. The SMILES string of the molecule is COC(=O)c1ccc(C(=O)Cn2cc3c(Br)cccc3n2)cc1. The molecule has 0 unspecified atom stereocenters. The van der Waals surface area contributed by atoms with Crippen LogP contribution in [0.15, 0.2) is 53.1 Å². The molecular formula is C17H13BrN2O3. The van der Waals surface area contributed by atoms with Crippen molar-refractivity contribution in [3.63, 3.8) is 0 Å². The molecule has 3 aromatic rings. The Morgan fingerprint density at radius 3 is 2.48 bits per heavy atom. The molecule has 0 saturated heterocycles. The van der Waals surface area contributed by atoms with Crippen LogP contribution >= 0.6 is 15.9 Å². The van der Waals surface area contributed by atoms with Crippen molar-refractivity contribution in [2.75, 3.05) is 7.11 Å². The lowest BCUT2D eigenvalue weighted by Gasteiger charge is -2.03. The Morgan fingerprint density at radius 2 is 1.83 bits per heavy atom. The van der Waals surface area contributed by atoms with E-state index in [1.54, 1.807) is 28.9 Å². The van der Waals surface area contributed by atoms with Gasteiger partial charge in [0, 0.05) is 21.6 Å². The van der Waals surface area contributed by atoms with Crippen molar-refractivity contribution in [1.29, 1.82) is 0 Å². The van der Waals surface area contributed by atoms with Crippen molar-refractivity contribution in [2.45, 2.75) is 6.54 Å². The molecule has 0 aliphatic rings. The number of hydrogen-bond donors (Lipinski definition) is 0. The molecule has 0 radical (unpaired) electrons. The highest BCUT2D eigenvalue weighted by molar-refractivity contribution is 9.10. The van der Waals surface area contributed by atoms with Crippen LogP contribution in [-0.2, 0) is 11.3 Å². The van der Waals surface area contributed by atoms with Gasteiger partial charge in [0.05, 0.1) is 18.2 Å². The van der Waals surface area contributed by atoms with Gasteiger partial charge in [0.25, 0.3) is 0 Å². The molecule has 3 rings (SSSR count). The van der Waals surface area contributed by atoms with Gasteiger partial charge in [0.1, 0.15) is 6.54 Å². The van der Waals surface area contributed by atoms with E-state index in [2.05, 4.69) is 25.8 Å². The maximum Gasteiger partial charge on any atom is 0.337 e. The van der Waals surface area contributed by atoms with Gasteiger partial charge in [0.2, 0.25) is 0 Å². The average molecular weight is 373 g/mol. The van der Waals surface area contributed by atoms with Crippen LogP contribution in [0.1, 0.15) is 20.7 Å². The first-order chi connectivity index (χ1) is 11.1. The fourth-order valence-corrected chi connectivity index (χ4v) is 2.74. The monoisotopic (exact) mass is 372 g/mol. The Morgan fingerprint density at radius 1 is 1.13 bits per heavy atom. The minimum Gasteiger partial charge on any atom is -0.465 e. The summed E-state index contributed by atoms with van der Waals surface area (Å²) >= 11 is 3.47. The first-order valence-electron chi connectivity index (χ1n) is 6.92. The van der Waals surface area contributed by atoms with E-state index in [1.807, 2.05) is 24.4 Å². The zero-order valence-corrected chi connectivity index (χ0v) is 13.9. The smallest absolute Gasteiger partial charge is 0.337 e. The number of benzene rings is 2. The fourth-order valence-electron chi connectivity index (χ4n) is 2.29. The van der Waals surface area contributed by atoms with Crippen molar-refractivity contribution < 1.29 is 14.3 Å². The third-order valence-corrected chi connectivity index (χ3v) is 4.17. The van der Waals surface area contributed by atoms with Gasteiger partial charge in [0.15, 0.2) is 5.78 Å². The number of aromatic nitrogens is 2. The first-order valence-corrected chi connectivity index (χ1v) is 7.71. The molecule has 6 heteroatoms. The number of rotatable bonds is 4. The van der Waals surface area contributed by atoms with Gasteiger partial charge in [-0.25, -0.2) is 4.79 Å². The second-order valence-electron chi connectivity index (χ2n) is 4.99. The van der Waals surface area contributed by atoms with Crippen molar-refractivity contribution in [1.82, 2.24) is 9.78 Å². The highest BCUT2D eigenvalue weighted by Gasteiger charge is 2.11. The summed E-state index contributed by atoms with van der Waals surface area (Å²) in [7, 11) is 1.32. The Kier molecular flexibility index (Phi) is 4.25. The van der Waals surface area contributed by atoms with Crippen molar-refractivity contribution in [3.8, 4) is 0 Å². The maximum atomic E-state index is 12.3. The number of halogens is 1. The van der Waals surface area contributed by atoms with E-state index in [-0.39, 0.29) is 12.3 Å². The Labute approximate surface area is 141 Å². The molecule has 0 atom stereocenters. The van der Waals surface area contributed by atoms with Gasteiger partial charge in [-0.2, -0.15) is 5.10 Å². The number of nitrogens with zero attached hydrogens (tertiary/aromatic N) is 2. The highest BCUT2D eigenvalue weighted by atomic mass is 79.9. The van der Waals surface area contributed by atoms with Gasteiger partial charge >= 0.3 is 5.97 Å². The fraction of sp³-hybridized carbons (Fsp3) is 0.118. The summed E-state index contributed by atoms with van der Waals surface area (Å²) in [5.41, 5.74) is 1.77. The van der Waals surface area contributed by atoms with Crippen LogP contribution in [0.4, 0.5) is 0 Å². The van der Waals surface area contributed by atoms with E-state index < -0.39 is 5.97 Å². The summed E-state index contributed by atoms with van der Waals surface area (Å²) in [5, 5.41) is 5.35. The quantitative estimate of drug-likeness (QED) is 0.519. The van der Waals surface area contributed by atoms with Gasteiger partial charge < -0.3 is 4.74 Å². The van der Waals surface area contributed by atoms with Crippen LogP contribution in [0.25, 0.3) is 10.9 Å². The summed E-state index contributed by atoms with van der Waals surface area (Å²) in [5.74, 6) is -0.502. The van der Waals surface area contributed by atoms with E-state index in [0.29, 0.717) is 11.1 Å². The normalized spacial score (nSPS) is 10.7. The van der Waals surface area contributed by atoms with Crippen molar-refractivity contribution in [3.05, 3.63) is 64.3 Å². The van der Waals surface area contributed by atoms with Crippen LogP contribution in [-0.4, -0.2) is 28.6 Å². The van der Waals surface area contributed by atoms with E-state index in [9.17, 15) is 9.59 Å². The van der Waals surface area contributed by atoms with Crippen LogP contribution in [0, 0.1) is 0 Å².